The molecule has 212 valence electrons. The van der Waals surface area contributed by atoms with Gasteiger partial charge in [0.25, 0.3) is 5.91 Å². The number of hydrogen-bond acceptors (Lipinski definition) is 6. The number of aryl methyl sites for hydroxylation is 1. The Hall–Kier alpha value is -3.72. The molecule has 0 saturated carbocycles. The monoisotopic (exact) mass is 539 g/mol. The number of imide groups is 1. The van der Waals surface area contributed by atoms with Crippen molar-refractivity contribution < 1.29 is 29.0 Å². The van der Waals surface area contributed by atoms with Gasteiger partial charge >= 0.3 is 12.1 Å². The molecule has 2 rings (SSSR count). The largest absolute Gasteiger partial charge is 0.444 e. The number of nitrogens with zero attached hydrogens (tertiary/aromatic N) is 1. The molecule has 2 aromatic rings. The highest BCUT2D eigenvalue weighted by atomic mass is 16.6. The number of alkyl carbamates (subject to hydrolysis) is 1. The van der Waals surface area contributed by atoms with E-state index in [9.17, 15) is 24.3 Å². The van der Waals surface area contributed by atoms with E-state index in [0.29, 0.717) is 24.8 Å². The van der Waals surface area contributed by atoms with E-state index in [4.69, 9.17) is 4.74 Å². The van der Waals surface area contributed by atoms with Gasteiger partial charge < -0.3 is 20.5 Å². The summed E-state index contributed by atoms with van der Waals surface area (Å²) in [6.07, 6.45) is 0.856. The Morgan fingerprint density at radius 1 is 0.923 bits per heavy atom. The lowest BCUT2D eigenvalue weighted by Gasteiger charge is -2.25. The minimum atomic E-state index is -0.932. The molecule has 1 atom stereocenters. The third-order valence-corrected chi connectivity index (χ3v) is 5.86. The van der Waals surface area contributed by atoms with Crippen LogP contribution in [-0.2, 0) is 22.5 Å². The second-order valence-electron chi connectivity index (χ2n) is 10.8. The fourth-order valence-corrected chi connectivity index (χ4v) is 3.70. The highest BCUT2D eigenvalue weighted by Gasteiger charge is 2.27. The number of rotatable bonds is 12. The minimum Gasteiger partial charge on any atom is -0.444 e. The summed E-state index contributed by atoms with van der Waals surface area (Å²) in [5, 5.41) is 14.8. The normalized spacial score (nSPS) is 12.0. The number of benzene rings is 2. The fraction of sp³-hybridized carbons (Fsp3) is 0.467. The number of ketones is 1. The summed E-state index contributed by atoms with van der Waals surface area (Å²) in [7, 11) is 0. The van der Waals surface area contributed by atoms with Crippen LogP contribution >= 0.6 is 0 Å². The maximum Gasteiger partial charge on any atom is 0.407 e. The number of aliphatic hydroxyl groups is 1. The molecule has 2 aromatic carbocycles. The summed E-state index contributed by atoms with van der Waals surface area (Å²) < 4.78 is 5.23. The van der Waals surface area contributed by atoms with Crippen LogP contribution in [0.4, 0.5) is 9.59 Å². The third kappa shape index (κ3) is 11.3. The molecule has 0 aliphatic rings. The molecule has 0 radical (unpaired) electrons. The summed E-state index contributed by atoms with van der Waals surface area (Å²) in [4.78, 5) is 52.1. The van der Waals surface area contributed by atoms with Crippen molar-refractivity contribution in [2.75, 3.05) is 13.2 Å². The molecule has 3 N–H and O–H groups in total. The average molecular weight is 540 g/mol. The Bertz CT molecular complexity index is 1090. The number of urea groups is 1. The number of Topliss-reactive ketones (excluding diaryl/α,β-unsaturated/α-hetero) is 1. The van der Waals surface area contributed by atoms with Crippen molar-refractivity contribution in [1.29, 1.82) is 0 Å². The first-order valence-electron chi connectivity index (χ1n) is 13.2. The van der Waals surface area contributed by atoms with Crippen LogP contribution < -0.4 is 10.6 Å². The highest BCUT2D eigenvalue weighted by Crippen LogP contribution is 2.13. The molecule has 0 aliphatic heterocycles. The molecule has 0 heterocycles. The zero-order valence-corrected chi connectivity index (χ0v) is 23.5. The molecule has 0 fully saturated rings. The SMILES string of the molecule is CC(C)CCN(C(=O)N[C@@H](CCc1ccccc1)C(=O)CO)C(=O)c1ccc(CNC(=O)OC(C)(C)C)cc1. The van der Waals surface area contributed by atoms with Gasteiger partial charge in [0, 0.05) is 18.7 Å². The average Bonchev–Trinajstić information content (AvgIpc) is 2.89. The summed E-state index contributed by atoms with van der Waals surface area (Å²) >= 11 is 0. The molecule has 0 saturated heterocycles. The van der Waals surface area contributed by atoms with Gasteiger partial charge in [-0.05, 0) is 69.2 Å². The predicted octanol–water partition coefficient (Wildman–Crippen LogP) is 4.47. The van der Waals surface area contributed by atoms with Crippen LogP contribution in [0.3, 0.4) is 0 Å². The number of carbonyl (C=O) groups excluding carboxylic acids is 4. The molecule has 9 nitrogen and oxygen atoms in total. The molecule has 39 heavy (non-hydrogen) atoms. The third-order valence-electron chi connectivity index (χ3n) is 5.86. The Labute approximate surface area is 230 Å². The molecule has 0 unspecified atom stereocenters. The Kier molecular flexibility index (Phi) is 12.1. The van der Waals surface area contributed by atoms with E-state index in [-0.39, 0.29) is 19.0 Å². The second-order valence-corrected chi connectivity index (χ2v) is 10.8. The Morgan fingerprint density at radius 3 is 2.13 bits per heavy atom. The fourth-order valence-electron chi connectivity index (χ4n) is 3.70. The predicted molar refractivity (Wildman–Crippen MR) is 149 cm³/mol. The second kappa shape index (κ2) is 15.0. The zero-order chi connectivity index (χ0) is 29.0. The molecular weight excluding hydrogens is 498 g/mol. The number of aliphatic hydroxyl groups excluding tert-OH is 1. The maximum absolute atomic E-state index is 13.4. The van der Waals surface area contributed by atoms with Gasteiger partial charge in [-0.1, -0.05) is 56.3 Å². The molecule has 9 heteroatoms. The van der Waals surface area contributed by atoms with Crippen LogP contribution in [0.15, 0.2) is 54.6 Å². The van der Waals surface area contributed by atoms with Gasteiger partial charge in [0.1, 0.15) is 12.2 Å². The summed E-state index contributed by atoms with van der Waals surface area (Å²) in [5.41, 5.74) is 1.44. The van der Waals surface area contributed by atoms with Crippen molar-refractivity contribution in [1.82, 2.24) is 15.5 Å². The number of amides is 4. The zero-order valence-electron chi connectivity index (χ0n) is 23.5. The smallest absolute Gasteiger partial charge is 0.407 e. The van der Waals surface area contributed by atoms with Crippen molar-refractivity contribution in [2.24, 2.45) is 5.92 Å². The lowest BCUT2D eigenvalue weighted by molar-refractivity contribution is -0.123. The van der Waals surface area contributed by atoms with E-state index < -0.39 is 42.1 Å². The van der Waals surface area contributed by atoms with Crippen LogP contribution in [-0.4, -0.2) is 58.6 Å². The van der Waals surface area contributed by atoms with Gasteiger partial charge in [-0.2, -0.15) is 0 Å². The van der Waals surface area contributed by atoms with Gasteiger partial charge in [0.2, 0.25) is 0 Å². The molecular formula is C30H41N3O6. The first-order chi connectivity index (χ1) is 18.4. The van der Waals surface area contributed by atoms with Gasteiger partial charge in [-0.15, -0.1) is 0 Å². The van der Waals surface area contributed by atoms with E-state index >= 15 is 0 Å². The number of hydrogen-bond donors (Lipinski definition) is 3. The lowest BCUT2D eigenvalue weighted by Crippen LogP contribution is -2.51. The number of nitrogens with one attached hydrogen (secondary N) is 2. The number of carbonyl (C=O) groups is 4. The van der Waals surface area contributed by atoms with E-state index in [1.165, 1.54) is 0 Å². The quantitative estimate of drug-likeness (QED) is 0.365. The van der Waals surface area contributed by atoms with Crippen LogP contribution in [0.1, 0.15) is 68.9 Å². The van der Waals surface area contributed by atoms with Crippen LogP contribution in [0.2, 0.25) is 0 Å². The van der Waals surface area contributed by atoms with Gasteiger partial charge in [-0.3, -0.25) is 14.5 Å². The molecule has 0 aromatic heterocycles. The van der Waals surface area contributed by atoms with Crippen LogP contribution in [0.5, 0.6) is 0 Å². The summed E-state index contributed by atoms with van der Waals surface area (Å²) in [6.45, 7) is 8.99. The Morgan fingerprint density at radius 2 is 1.56 bits per heavy atom. The maximum atomic E-state index is 13.4. The highest BCUT2D eigenvalue weighted by molar-refractivity contribution is 6.05. The van der Waals surface area contributed by atoms with E-state index in [2.05, 4.69) is 10.6 Å². The van der Waals surface area contributed by atoms with Gasteiger partial charge in [-0.25, -0.2) is 9.59 Å². The first-order valence-corrected chi connectivity index (χ1v) is 13.2. The van der Waals surface area contributed by atoms with E-state index in [1.54, 1.807) is 45.0 Å². The van der Waals surface area contributed by atoms with Crippen LogP contribution in [0, 0.1) is 5.92 Å². The lowest BCUT2D eigenvalue weighted by atomic mass is 10.0. The molecule has 0 bridgehead atoms. The van der Waals surface area contributed by atoms with Crippen molar-refractivity contribution in [3.8, 4) is 0 Å². The van der Waals surface area contributed by atoms with Crippen molar-refractivity contribution in [3.05, 3.63) is 71.3 Å². The Balaban J connectivity index is 2.11. The van der Waals surface area contributed by atoms with E-state index in [1.807, 2.05) is 44.2 Å². The topological polar surface area (TPSA) is 125 Å². The van der Waals surface area contributed by atoms with Crippen molar-refractivity contribution in [2.45, 2.75) is 72.1 Å². The van der Waals surface area contributed by atoms with Crippen molar-refractivity contribution in [3.63, 3.8) is 0 Å². The first kappa shape index (κ1) is 31.5. The summed E-state index contributed by atoms with van der Waals surface area (Å²) in [5.74, 6) is -0.780. The molecule has 0 spiro atoms. The molecule has 0 aliphatic carbocycles. The van der Waals surface area contributed by atoms with Crippen LogP contribution in [0.25, 0.3) is 0 Å². The minimum absolute atomic E-state index is 0.170. The standard InChI is InChI=1S/C30H41N3O6/c1-21(2)17-18-33(28(37)32-25(26(35)20-34)16-13-22-9-7-6-8-10-22)27(36)24-14-11-23(12-15-24)19-31-29(38)39-30(3,4)5/h6-12,14-15,21,25,34H,13,16-20H2,1-5H3,(H,31,38)(H,32,37)/t25-/m0/s1. The molecule has 4 amide bonds. The number of ether oxygens (including phenoxy) is 1. The van der Waals surface area contributed by atoms with E-state index in [0.717, 1.165) is 16.0 Å². The van der Waals surface area contributed by atoms with Gasteiger partial charge in [0.05, 0.1) is 6.04 Å². The van der Waals surface area contributed by atoms with Crippen molar-refractivity contribution >= 4 is 23.8 Å². The van der Waals surface area contributed by atoms with Gasteiger partial charge in [0.15, 0.2) is 5.78 Å². The summed E-state index contributed by atoms with van der Waals surface area (Å²) in [6, 6.07) is 14.5.